The van der Waals surface area contributed by atoms with E-state index in [1.54, 1.807) is 12.7 Å². The van der Waals surface area contributed by atoms with Gasteiger partial charge in [0.15, 0.2) is 0 Å². The van der Waals surface area contributed by atoms with Crippen molar-refractivity contribution >= 4 is 42.4 Å². The third kappa shape index (κ3) is 17.2. The Balaban J connectivity index is 0.000000212. The Labute approximate surface area is 494 Å². The third-order valence-electron chi connectivity index (χ3n) is 16.0. The third-order valence-corrected chi connectivity index (χ3v) is 17.7. The summed E-state index contributed by atoms with van der Waals surface area (Å²) in [6.45, 7) is 45.2. The number of carbonyl (C=O) groups excluding carboxylic acids is 1. The lowest BCUT2D eigenvalue weighted by atomic mass is 10.0. The molecule has 0 spiro atoms. The molecule has 2 aromatic carbocycles. The molecule has 20 nitrogen and oxygen atoms in total. The minimum absolute atomic E-state index is 0.0709. The van der Waals surface area contributed by atoms with E-state index < -0.39 is 13.7 Å². The van der Waals surface area contributed by atoms with Crippen LogP contribution >= 0.6 is 0 Å². The minimum atomic E-state index is -1.19. The number of aliphatic imine (C=N–C) groups is 1. The molecule has 1 amide bonds. The molecule has 1 N–H and O–H groups in total. The van der Waals surface area contributed by atoms with Gasteiger partial charge in [-0.25, -0.2) is 29.4 Å². The fraction of sp³-hybridized carbons (Fsp3) is 0.629. The fourth-order valence-corrected chi connectivity index (χ4v) is 12.1. The molecule has 0 saturated carbocycles. The lowest BCUT2D eigenvalue weighted by Crippen LogP contribution is -2.55. The second-order valence-electron chi connectivity index (χ2n) is 25.8. The van der Waals surface area contributed by atoms with Gasteiger partial charge in [-0.2, -0.15) is 5.10 Å². The first-order valence-electron chi connectivity index (χ1n) is 30.6. The zero-order valence-electron chi connectivity index (χ0n) is 51.9. The van der Waals surface area contributed by atoms with Crippen molar-refractivity contribution in [2.75, 3.05) is 134 Å². The predicted molar refractivity (Wildman–Crippen MR) is 334 cm³/mol. The van der Waals surface area contributed by atoms with Crippen molar-refractivity contribution in [2.24, 2.45) is 4.99 Å². The van der Waals surface area contributed by atoms with E-state index in [-0.39, 0.29) is 18.3 Å². The van der Waals surface area contributed by atoms with Gasteiger partial charge < -0.3 is 39.0 Å². The predicted octanol–water partition coefficient (Wildman–Crippen LogP) is 7.69. The van der Waals surface area contributed by atoms with Crippen LogP contribution in [0.5, 0.6) is 11.5 Å². The Bertz CT molecular complexity index is 2950. The maximum absolute atomic E-state index is 12.5. The number of hydrogen-bond donors (Lipinski definition) is 1. The molecule has 0 bridgehead atoms. The molecule has 5 aliphatic rings. The number of fused-ring (bicyclic) bond motifs is 2. The van der Waals surface area contributed by atoms with Crippen LogP contribution in [0.2, 0.25) is 25.7 Å². The number of aromatic nitrogens is 6. The number of anilines is 2. The van der Waals surface area contributed by atoms with Gasteiger partial charge in [-0.05, 0) is 104 Å². The molecule has 4 saturated heterocycles. The number of amides is 1. The second-order valence-corrected chi connectivity index (χ2v) is 31.4. The Hall–Kier alpha value is -5.81. The lowest BCUT2D eigenvalue weighted by molar-refractivity contribution is 0.0134. The fourth-order valence-electron chi connectivity index (χ4n) is 11.4. The van der Waals surface area contributed by atoms with Gasteiger partial charge in [0.1, 0.15) is 53.8 Å². The second kappa shape index (κ2) is 27.9. The largest absolute Gasteiger partial charge is 0.491 e. The van der Waals surface area contributed by atoms with Crippen LogP contribution in [-0.4, -0.2) is 228 Å². The van der Waals surface area contributed by atoms with Crippen molar-refractivity contribution in [3.8, 4) is 22.9 Å². The molecule has 5 aliphatic heterocycles. The summed E-state index contributed by atoms with van der Waals surface area (Å²) in [6, 6.07) is 18.5. The first-order valence-corrected chi connectivity index (χ1v) is 34.3. The van der Waals surface area contributed by atoms with Crippen LogP contribution in [-0.2, 0) is 22.7 Å². The first-order chi connectivity index (χ1) is 39.7. The van der Waals surface area contributed by atoms with Crippen molar-refractivity contribution in [2.45, 2.75) is 131 Å². The number of benzene rings is 2. The van der Waals surface area contributed by atoms with Gasteiger partial charge in [0.2, 0.25) is 0 Å². The number of nitrogens with zero attached hydrogens (tertiary/aromatic N) is 14. The molecule has 8 heterocycles. The van der Waals surface area contributed by atoms with Crippen LogP contribution in [0, 0.1) is 0 Å². The normalized spacial score (nSPS) is 19.7. The zero-order chi connectivity index (χ0) is 58.8. The van der Waals surface area contributed by atoms with Gasteiger partial charge in [0.05, 0.1) is 41.4 Å². The van der Waals surface area contributed by atoms with Crippen molar-refractivity contribution in [1.29, 1.82) is 0 Å². The molecular formula is C62H95N15O5Si. The molecule has 4 fully saturated rings. The van der Waals surface area contributed by atoms with Gasteiger partial charge in [0.25, 0.3) is 0 Å². The van der Waals surface area contributed by atoms with E-state index in [1.807, 2.05) is 70.2 Å². The average molecular weight is 1160 g/mol. The van der Waals surface area contributed by atoms with Gasteiger partial charge in [-0.3, -0.25) is 24.6 Å². The van der Waals surface area contributed by atoms with E-state index in [1.165, 1.54) is 5.56 Å². The lowest BCUT2D eigenvalue weighted by Gasteiger charge is -2.42. The summed E-state index contributed by atoms with van der Waals surface area (Å²) in [5.41, 5.74) is 6.29. The van der Waals surface area contributed by atoms with E-state index in [9.17, 15) is 4.79 Å². The highest BCUT2D eigenvalue weighted by Gasteiger charge is 2.31. The molecule has 0 unspecified atom stereocenters. The summed E-state index contributed by atoms with van der Waals surface area (Å²) >= 11 is 0. The number of ether oxygens (including phenoxy) is 4. The summed E-state index contributed by atoms with van der Waals surface area (Å²) in [5.74, 6) is 3.60. The van der Waals surface area contributed by atoms with Crippen LogP contribution in [0.25, 0.3) is 22.3 Å². The zero-order valence-corrected chi connectivity index (χ0v) is 52.9. The highest BCUT2D eigenvalue weighted by molar-refractivity contribution is 6.76. The molecule has 83 heavy (non-hydrogen) atoms. The number of rotatable bonds is 19. The summed E-state index contributed by atoms with van der Waals surface area (Å²) < 4.78 is 25.6. The molecule has 2 atom stereocenters. The quantitative estimate of drug-likeness (QED) is 0.0630. The summed E-state index contributed by atoms with van der Waals surface area (Å²) in [5, 5.41) is 9.45. The van der Waals surface area contributed by atoms with Crippen LogP contribution in [0.1, 0.15) is 79.1 Å². The molecule has 3 aromatic heterocycles. The Morgan fingerprint density at radius 2 is 1.27 bits per heavy atom. The van der Waals surface area contributed by atoms with Crippen molar-refractivity contribution in [1.82, 2.24) is 59.5 Å². The highest BCUT2D eigenvalue weighted by atomic mass is 28.3. The monoisotopic (exact) mass is 1160 g/mol. The van der Waals surface area contributed by atoms with Gasteiger partial charge in [0, 0.05) is 168 Å². The molecular weight excluding hydrogens is 1060 g/mol. The molecule has 10 rings (SSSR count). The number of nitrogens with one attached hydrogen (secondary N) is 1. The Kier molecular flexibility index (Phi) is 20.8. The number of carbonyl (C=O) groups is 1. The standard InChI is InChI=1S/C36H58N8O4Si.C26H37N7O/c1-27(2)47-29-10-11-32-30(22-29)34(39-44(32)26-46-20-21-49(7,8)9)31-23-33(38-25-37-31)43-19-18-41(28(3)24-43)15-12-40-13-16-42(17-14-40)35(45)48-36(4,5)6;1-19(2)34-22-5-4-21-16-28-26(23(21)14-22)24-15-25(30-18-29-24)33-13-12-32(20(3)17-33)11-10-31-8-6-27-7-9-31/h10-11,22-23,25,27-28H,12-21,24,26H2,1-9H3;4-5,14-15,18-20,27H,6-13,16-17H2,1-3H3/t28-;20-/m00/s1. The van der Waals surface area contributed by atoms with E-state index in [2.05, 4.69) is 115 Å². The van der Waals surface area contributed by atoms with Crippen LogP contribution < -0.4 is 24.6 Å². The van der Waals surface area contributed by atoms with Crippen LogP contribution in [0.3, 0.4) is 0 Å². The van der Waals surface area contributed by atoms with Crippen molar-refractivity contribution in [3.05, 3.63) is 78.0 Å². The maximum Gasteiger partial charge on any atom is 0.410 e. The summed E-state index contributed by atoms with van der Waals surface area (Å²) in [4.78, 5) is 52.7. The van der Waals surface area contributed by atoms with Crippen molar-refractivity contribution < 1.29 is 23.7 Å². The SMILES string of the molecule is CC(C)Oc1ccc2c(c1)C(c1cc(N3CCN(CCN4CCNCC4)[C@@H](C)C3)ncn1)=NC2.CC(C)Oc1ccc2c(c1)c(-c1cc(N3CCN(CCN4CCN(C(=O)OC(C)(C)C)CC4)[C@@H](C)C3)ncn1)nn2COCC[Si](C)(C)C. The molecule has 0 radical (unpaired) electrons. The van der Waals surface area contributed by atoms with E-state index in [0.717, 1.165) is 180 Å². The molecule has 5 aromatic rings. The van der Waals surface area contributed by atoms with Crippen molar-refractivity contribution in [3.63, 3.8) is 0 Å². The maximum atomic E-state index is 12.5. The Morgan fingerprint density at radius 1 is 0.687 bits per heavy atom. The van der Waals surface area contributed by atoms with E-state index in [4.69, 9.17) is 39.0 Å². The smallest absolute Gasteiger partial charge is 0.410 e. The summed E-state index contributed by atoms with van der Waals surface area (Å²) in [7, 11) is -1.19. The van der Waals surface area contributed by atoms with Gasteiger partial charge in [-0.1, -0.05) is 25.7 Å². The summed E-state index contributed by atoms with van der Waals surface area (Å²) in [6.07, 6.45) is 3.34. The topological polar surface area (TPSA) is 170 Å². The number of piperazine rings is 4. The van der Waals surface area contributed by atoms with Crippen LogP contribution in [0.15, 0.2) is 66.2 Å². The molecule has 21 heteroatoms. The minimum Gasteiger partial charge on any atom is -0.491 e. The first kappa shape index (κ1) is 61.7. The average Bonchev–Trinajstić information content (AvgIpc) is 3.84. The Morgan fingerprint density at radius 3 is 1.86 bits per heavy atom. The van der Waals surface area contributed by atoms with Gasteiger partial charge >= 0.3 is 6.09 Å². The van der Waals surface area contributed by atoms with Gasteiger partial charge in [-0.15, -0.1) is 0 Å². The molecule has 452 valence electrons. The highest BCUT2D eigenvalue weighted by Crippen LogP contribution is 2.33. The van der Waals surface area contributed by atoms with Crippen LogP contribution in [0.4, 0.5) is 16.4 Å². The number of hydrogen-bond acceptors (Lipinski definition) is 18. The van der Waals surface area contributed by atoms with E-state index in [0.29, 0.717) is 38.4 Å². The van der Waals surface area contributed by atoms with E-state index >= 15 is 0 Å². The molecule has 0 aliphatic carbocycles.